The van der Waals surface area contributed by atoms with Gasteiger partial charge in [-0.3, -0.25) is 9.69 Å². The van der Waals surface area contributed by atoms with Crippen LogP contribution in [0.25, 0.3) is 0 Å². The maximum Gasteiger partial charge on any atom is 0.255 e. The van der Waals surface area contributed by atoms with Crippen LogP contribution in [-0.2, 0) is 6.54 Å². The minimum atomic E-state index is -1.06. The predicted octanol–water partition coefficient (Wildman–Crippen LogP) is 3.88. The van der Waals surface area contributed by atoms with Crippen molar-refractivity contribution in [3.05, 3.63) is 69.7 Å². The monoisotopic (exact) mass is 364 g/mol. The molecule has 2 aromatic carbocycles. The Labute approximate surface area is 150 Å². The SMILES string of the molecule is Cc1ccccc1CN1CCN(C(=O)c2cc(F)c(F)cc2Cl)CC1. The molecule has 0 unspecified atom stereocenters. The van der Waals surface area contributed by atoms with Crippen molar-refractivity contribution in [1.82, 2.24) is 9.80 Å². The molecule has 3 rings (SSSR count). The van der Waals surface area contributed by atoms with Crippen LogP contribution in [0.15, 0.2) is 36.4 Å². The van der Waals surface area contributed by atoms with Crippen LogP contribution in [0, 0.1) is 18.6 Å². The van der Waals surface area contributed by atoms with Crippen LogP contribution in [0.1, 0.15) is 21.5 Å². The van der Waals surface area contributed by atoms with E-state index in [0.717, 1.165) is 31.8 Å². The second kappa shape index (κ2) is 7.50. The van der Waals surface area contributed by atoms with Gasteiger partial charge in [0.15, 0.2) is 11.6 Å². The molecule has 1 saturated heterocycles. The summed E-state index contributed by atoms with van der Waals surface area (Å²) in [6.45, 7) is 5.42. The Hall–Kier alpha value is -1.98. The van der Waals surface area contributed by atoms with E-state index < -0.39 is 11.6 Å². The number of carbonyl (C=O) groups is 1. The standard InChI is InChI=1S/C19H19ClF2N2O/c1-13-4-2-3-5-14(13)12-23-6-8-24(9-7-23)19(25)15-10-17(21)18(22)11-16(15)20/h2-5,10-11H,6-9,12H2,1H3. The lowest BCUT2D eigenvalue weighted by atomic mass is 10.1. The van der Waals surface area contributed by atoms with Crippen LogP contribution in [0.3, 0.4) is 0 Å². The Balaban J connectivity index is 1.63. The molecule has 0 radical (unpaired) electrons. The van der Waals surface area contributed by atoms with E-state index in [4.69, 9.17) is 11.6 Å². The molecule has 1 amide bonds. The molecule has 0 aliphatic carbocycles. The average molecular weight is 365 g/mol. The second-order valence-electron chi connectivity index (χ2n) is 6.24. The highest BCUT2D eigenvalue weighted by molar-refractivity contribution is 6.33. The zero-order valence-corrected chi connectivity index (χ0v) is 14.7. The van der Waals surface area contributed by atoms with E-state index in [9.17, 15) is 13.6 Å². The molecular formula is C19H19ClF2N2O. The van der Waals surface area contributed by atoms with Crippen LogP contribution in [0.2, 0.25) is 5.02 Å². The van der Waals surface area contributed by atoms with Crippen LogP contribution in [0.4, 0.5) is 8.78 Å². The first-order valence-electron chi connectivity index (χ1n) is 8.16. The third kappa shape index (κ3) is 3.99. The van der Waals surface area contributed by atoms with E-state index in [1.54, 1.807) is 4.90 Å². The molecule has 1 aliphatic rings. The van der Waals surface area contributed by atoms with Gasteiger partial charge in [-0.05, 0) is 30.2 Å². The molecule has 1 aliphatic heterocycles. The fourth-order valence-corrected chi connectivity index (χ4v) is 3.23. The number of halogens is 3. The van der Waals surface area contributed by atoms with E-state index >= 15 is 0 Å². The third-order valence-corrected chi connectivity index (χ3v) is 4.87. The van der Waals surface area contributed by atoms with Crippen LogP contribution in [0.5, 0.6) is 0 Å². The van der Waals surface area contributed by atoms with Gasteiger partial charge < -0.3 is 4.90 Å². The topological polar surface area (TPSA) is 23.6 Å². The third-order valence-electron chi connectivity index (χ3n) is 4.56. The summed E-state index contributed by atoms with van der Waals surface area (Å²) in [5.41, 5.74) is 2.52. The Morgan fingerprint density at radius 1 is 1.08 bits per heavy atom. The molecule has 0 bridgehead atoms. The number of aryl methyl sites for hydroxylation is 1. The first-order chi connectivity index (χ1) is 12.0. The molecule has 132 valence electrons. The quantitative estimate of drug-likeness (QED) is 0.771. The fraction of sp³-hybridized carbons (Fsp3) is 0.316. The summed E-state index contributed by atoms with van der Waals surface area (Å²) in [7, 11) is 0. The summed E-state index contributed by atoms with van der Waals surface area (Å²) in [6.07, 6.45) is 0. The Morgan fingerprint density at radius 3 is 2.40 bits per heavy atom. The van der Waals surface area contributed by atoms with Crippen molar-refractivity contribution < 1.29 is 13.6 Å². The summed E-state index contributed by atoms with van der Waals surface area (Å²) < 4.78 is 26.6. The van der Waals surface area contributed by atoms with E-state index in [-0.39, 0.29) is 16.5 Å². The van der Waals surface area contributed by atoms with E-state index in [0.29, 0.717) is 13.1 Å². The largest absolute Gasteiger partial charge is 0.336 e. The fourth-order valence-electron chi connectivity index (χ4n) is 2.99. The van der Waals surface area contributed by atoms with Crippen molar-refractivity contribution >= 4 is 17.5 Å². The Kier molecular flexibility index (Phi) is 5.35. The minimum Gasteiger partial charge on any atom is -0.336 e. The smallest absolute Gasteiger partial charge is 0.255 e. The van der Waals surface area contributed by atoms with Crippen molar-refractivity contribution in [3.8, 4) is 0 Å². The number of piperazine rings is 1. The highest BCUT2D eigenvalue weighted by Gasteiger charge is 2.25. The van der Waals surface area contributed by atoms with Gasteiger partial charge in [-0.15, -0.1) is 0 Å². The molecule has 0 atom stereocenters. The summed E-state index contributed by atoms with van der Waals surface area (Å²) in [6, 6.07) is 9.95. The number of benzene rings is 2. The lowest BCUT2D eigenvalue weighted by molar-refractivity contribution is 0.0628. The number of nitrogens with zero attached hydrogens (tertiary/aromatic N) is 2. The molecule has 0 aromatic heterocycles. The minimum absolute atomic E-state index is 0.00733. The first kappa shape index (κ1) is 17.8. The van der Waals surface area contributed by atoms with Gasteiger partial charge in [0, 0.05) is 32.7 Å². The molecule has 25 heavy (non-hydrogen) atoms. The molecule has 0 N–H and O–H groups in total. The molecule has 0 spiro atoms. The number of rotatable bonds is 3. The zero-order valence-electron chi connectivity index (χ0n) is 13.9. The van der Waals surface area contributed by atoms with Gasteiger partial charge in [0.2, 0.25) is 0 Å². The van der Waals surface area contributed by atoms with Crippen LogP contribution in [-0.4, -0.2) is 41.9 Å². The van der Waals surface area contributed by atoms with Crippen molar-refractivity contribution in [2.45, 2.75) is 13.5 Å². The maximum absolute atomic E-state index is 13.4. The lowest BCUT2D eigenvalue weighted by Crippen LogP contribution is -2.48. The number of hydrogen-bond donors (Lipinski definition) is 0. The Morgan fingerprint density at radius 2 is 1.72 bits per heavy atom. The number of carbonyl (C=O) groups excluding carboxylic acids is 1. The van der Waals surface area contributed by atoms with Gasteiger partial charge in [-0.1, -0.05) is 35.9 Å². The predicted molar refractivity (Wildman–Crippen MR) is 93.7 cm³/mol. The summed E-state index contributed by atoms with van der Waals surface area (Å²) in [4.78, 5) is 16.4. The van der Waals surface area contributed by atoms with Gasteiger partial charge in [-0.2, -0.15) is 0 Å². The summed E-state index contributed by atoms with van der Waals surface area (Å²) >= 11 is 5.90. The van der Waals surface area contributed by atoms with Crippen LogP contribution < -0.4 is 0 Å². The van der Waals surface area contributed by atoms with Crippen LogP contribution >= 0.6 is 11.6 Å². The molecule has 1 heterocycles. The highest BCUT2D eigenvalue weighted by atomic mass is 35.5. The van der Waals surface area contributed by atoms with Gasteiger partial charge in [-0.25, -0.2) is 8.78 Å². The summed E-state index contributed by atoms with van der Waals surface area (Å²) in [5, 5.41) is -0.0637. The summed E-state index contributed by atoms with van der Waals surface area (Å²) in [5.74, 6) is -2.48. The van der Waals surface area contributed by atoms with Crippen molar-refractivity contribution in [1.29, 1.82) is 0 Å². The van der Waals surface area contributed by atoms with Crippen molar-refractivity contribution in [2.24, 2.45) is 0 Å². The maximum atomic E-state index is 13.4. The molecule has 2 aromatic rings. The number of amides is 1. The molecule has 3 nitrogen and oxygen atoms in total. The van der Waals surface area contributed by atoms with E-state index in [1.165, 1.54) is 11.1 Å². The second-order valence-corrected chi connectivity index (χ2v) is 6.65. The van der Waals surface area contributed by atoms with E-state index in [1.807, 2.05) is 12.1 Å². The average Bonchev–Trinajstić information content (AvgIpc) is 2.60. The number of hydrogen-bond acceptors (Lipinski definition) is 2. The lowest BCUT2D eigenvalue weighted by Gasteiger charge is -2.35. The highest BCUT2D eigenvalue weighted by Crippen LogP contribution is 2.22. The van der Waals surface area contributed by atoms with Gasteiger partial charge in [0.25, 0.3) is 5.91 Å². The van der Waals surface area contributed by atoms with Crippen molar-refractivity contribution in [2.75, 3.05) is 26.2 Å². The van der Waals surface area contributed by atoms with E-state index in [2.05, 4.69) is 24.0 Å². The molecule has 0 saturated carbocycles. The van der Waals surface area contributed by atoms with Crippen molar-refractivity contribution in [3.63, 3.8) is 0 Å². The normalized spacial score (nSPS) is 15.4. The van der Waals surface area contributed by atoms with Gasteiger partial charge in [0.1, 0.15) is 0 Å². The molecule has 6 heteroatoms. The van der Waals surface area contributed by atoms with Gasteiger partial charge >= 0.3 is 0 Å². The Bertz CT molecular complexity index is 789. The molecule has 1 fully saturated rings. The zero-order chi connectivity index (χ0) is 18.0. The van der Waals surface area contributed by atoms with Gasteiger partial charge in [0.05, 0.1) is 10.6 Å². The first-order valence-corrected chi connectivity index (χ1v) is 8.54. The molecular weight excluding hydrogens is 346 g/mol.